The topological polar surface area (TPSA) is 90.0 Å². The molecule has 3 nitrogen and oxygen atoms in total. The van der Waals surface area contributed by atoms with Gasteiger partial charge in [-0.1, -0.05) is 0 Å². The molecule has 0 amide bonds. The maximum Gasteiger partial charge on any atom is -0.870 e. The van der Waals surface area contributed by atoms with Gasteiger partial charge in [0.15, 0.2) is 0 Å². The molecule has 5 heavy (non-hydrogen) atoms. The summed E-state index contributed by atoms with van der Waals surface area (Å²) in [7, 11) is 4.73. The van der Waals surface area contributed by atoms with Crippen LogP contribution in [0, 0.1) is 0 Å². The zero-order chi connectivity index (χ0) is 2.00. The Morgan fingerprint density at radius 1 is 0.800 bits per heavy atom. The van der Waals surface area contributed by atoms with Crippen molar-refractivity contribution < 1.29 is 40.0 Å². The van der Waals surface area contributed by atoms with Crippen LogP contribution in [0.4, 0.5) is 0 Å². The molecule has 0 saturated heterocycles. The summed E-state index contributed by atoms with van der Waals surface area (Å²) >= 11 is 1.02. The van der Waals surface area contributed by atoms with Gasteiger partial charge in [0, 0.05) is 0 Å². The maximum atomic E-state index is 4.73. The van der Waals surface area contributed by atoms with Gasteiger partial charge in [-0.15, -0.1) is 0 Å². The summed E-state index contributed by atoms with van der Waals surface area (Å²) in [6.07, 6.45) is 0. The van der Waals surface area contributed by atoms with Crippen molar-refractivity contribution >= 4 is 8.51 Å². The molecule has 0 aliphatic carbocycles. The Hall–Kier alpha value is 1.05. The maximum absolute atomic E-state index is 4.73. The van der Waals surface area contributed by atoms with Gasteiger partial charge in [-0.3, -0.25) is 0 Å². The van der Waals surface area contributed by atoms with E-state index in [2.05, 4.69) is 0 Å². The predicted molar refractivity (Wildman–Crippen MR) is 11.7 cm³/mol. The van der Waals surface area contributed by atoms with Crippen molar-refractivity contribution in [3.8, 4) is 0 Å². The fraction of sp³-hybridized carbons (Fsp3) is 0. The Bertz CT molecular complexity index is 6.85. The van der Waals surface area contributed by atoms with Gasteiger partial charge in [-0.05, 0) is 0 Å². The molecule has 0 saturated carbocycles. The van der Waals surface area contributed by atoms with Crippen LogP contribution in [-0.4, -0.2) is 16.4 Å². The van der Waals surface area contributed by atoms with E-state index in [1.165, 1.54) is 0 Å². The molecule has 3 N–H and O–H groups in total. The zero-order valence-corrected chi connectivity index (χ0v) is 5.43. The smallest absolute Gasteiger partial charge is 0.870 e. The van der Waals surface area contributed by atoms with E-state index in [9.17, 15) is 0 Å². The number of hydrogen-bond donors (Lipinski definition) is 0. The largest absolute Gasteiger partial charge is 0.870 e. The van der Waals surface area contributed by atoms with Crippen LogP contribution in [-0.2, 0) is 23.5 Å². The van der Waals surface area contributed by atoms with Crippen molar-refractivity contribution in [2.24, 2.45) is 0 Å². The second-order valence-corrected chi connectivity index (χ2v) is 0. The summed E-state index contributed by atoms with van der Waals surface area (Å²) < 4.78 is 0. The van der Waals surface area contributed by atoms with Crippen molar-refractivity contribution in [2.75, 3.05) is 0 Å². The van der Waals surface area contributed by atoms with Crippen molar-refractivity contribution in [1.82, 2.24) is 0 Å². The Balaban J connectivity index is -0.00000000167. The molecule has 0 bridgehead atoms. The zero-order valence-electron chi connectivity index (χ0n) is 2.22. The average molecular weight is 178 g/mol. The summed E-state index contributed by atoms with van der Waals surface area (Å²) in [4.78, 5) is 0. The second-order valence-electron chi connectivity index (χ2n) is 0. The van der Waals surface area contributed by atoms with Crippen molar-refractivity contribution in [2.45, 2.75) is 0 Å². The first-order valence-corrected chi connectivity index (χ1v) is 3.35. The standard InChI is InChI=1S/ClH.3H2O.Zr/h1H;3*1H2;/q;;;;+4/p-4. The van der Waals surface area contributed by atoms with Crippen LogP contribution in [0.1, 0.15) is 0 Å². The third kappa shape index (κ3) is 42.5. The summed E-state index contributed by atoms with van der Waals surface area (Å²) in [5.41, 5.74) is 0. The molecule has 0 fully saturated rings. The first kappa shape index (κ1) is 36.7. The predicted octanol–water partition coefficient (Wildman–Crippen LogP) is 0.157. The number of rotatable bonds is 0. The van der Waals surface area contributed by atoms with E-state index in [1.807, 2.05) is 0 Å². The van der Waals surface area contributed by atoms with E-state index in [0.29, 0.717) is 0 Å². The van der Waals surface area contributed by atoms with Gasteiger partial charge in [0.2, 0.25) is 0 Å². The molecule has 0 aromatic rings. The van der Waals surface area contributed by atoms with Gasteiger partial charge < -0.3 is 16.4 Å². The van der Waals surface area contributed by atoms with Crippen LogP contribution in [0.15, 0.2) is 0 Å². The summed E-state index contributed by atoms with van der Waals surface area (Å²) in [6, 6.07) is 0. The van der Waals surface area contributed by atoms with Crippen LogP contribution in [0.25, 0.3) is 0 Å². The van der Waals surface area contributed by atoms with Crippen LogP contribution in [0.2, 0.25) is 0 Å². The Kier molecular flexibility index (Phi) is 549. The second kappa shape index (κ2) is 74.8. The molecule has 0 aliphatic heterocycles. The van der Waals surface area contributed by atoms with Gasteiger partial charge in [0.1, 0.15) is 0 Å². The molecular formula is H3ClO3Zr. The summed E-state index contributed by atoms with van der Waals surface area (Å²) in [5, 5.41) is 0. The fourth-order valence-corrected chi connectivity index (χ4v) is 0. The minimum atomic E-state index is 0. The minimum Gasteiger partial charge on any atom is -0.870 e. The van der Waals surface area contributed by atoms with Crippen molar-refractivity contribution in [1.29, 1.82) is 0 Å². The summed E-state index contributed by atoms with van der Waals surface area (Å²) in [5.74, 6) is 0. The Labute approximate surface area is 48.6 Å². The van der Waals surface area contributed by atoms with Gasteiger partial charge in [0.05, 0.1) is 0 Å². The molecule has 0 aromatic heterocycles. The molecule has 0 radical (unpaired) electrons. The quantitative estimate of drug-likeness (QED) is 0.528. The minimum absolute atomic E-state index is 0. The van der Waals surface area contributed by atoms with Gasteiger partial charge in [-0.2, -0.15) is 0 Å². The normalized spacial score (nSPS) is 1.40. The SMILES string of the molecule is [Cl][Zr+3].[OH-].[OH-].[OH-]. The first-order chi connectivity index (χ1) is 1.00. The third-order valence-corrected chi connectivity index (χ3v) is 0. The average Bonchev–Trinajstić information content (AvgIpc) is 1.00. The number of hydrogen-bond acceptors (Lipinski definition) is 3. The van der Waals surface area contributed by atoms with Crippen LogP contribution in [0.5, 0.6) is 0 Å². The first-order valence-electron chi connectivity index (χ1n) is 0.189. The Morgan fingerprint density at radius 3 is 0.800 bits per heavy atom. The number of halogens is 1. The molecular weight excluding hydrogens is 175 g/mol. The van der Waals surface area contributed by atoms with Gasteiger partial charge in [0.25, 0.3) is 0 Å². The van der Waals surface area contributed by atoms with E-state index in [-0.39, 0.29) is 16.4 Å². The summed E-state index contributed by atoms with van der Waals surface area (Å²) in [6.45, 7) is 0. The van der Waals surface area contributed by atoms with Gasteiger partial charge >= 0.3 is 32.0 Å². The van der Waals surface area contributed by atoms with Crippen molar-refractivity contribution in [3.63, 3.8) is 0 Å². The van der Waals surface area contributed by atoms with Crippen molar-refractivity contribution in [3.05, 3.63) is 0 Å². The molecule has 0 rings (SSSR count). The molecule has 0 spiro atoms. The monoisotopic (exact) mass is 176 g/mol. The molecule has 0 atom stereocenters. The molecule has 0 aromatic carbocycles. The van der Waals surface area contributed by atoms with E-state index >= 15 is 0 Å². The van der Waals surface area contributed by atoms with Crippen LogP contribution >= 0.6 is 8.51 Å². The third-order valence-electron chi connectivity index (χ3n) is 0. The fourth-order valence-electron chi connectivity index (χ4n) is 0. The van der Waals surface area contributed by atoms with Gasteiger partial charge in [-0.25, -0.2) is 0 Å². The Morgan fingerprint density at radius 2 is 0.800 bits per heavy atom. The molecule has 5 heteroatoms. The molecule has 0 heterocycles. The molecule has 0 aliphatic rings. The van der Waals surface area contributed by atoms with E-state index in [1.54, 1.807) is 0 Å². The molecule has 32 valence electrons. The molecule has 0 unspecified atom stereocenters. The van der Waals surface area contributed by atoms with Crippen LogP contribution in [0.3, 0.4) is 0 Å². The van der Waals surface area contributed by atoms with E-state index in [4.69, 9.17) is 8.51 Å². The van der Waals surface area contributed by atoms with Crippen LogP contribution < -0.4 is 0 Å². The van der Waals surface area contributed by atoms with E-state index in [0.717, 1.165) is 23.5 Å². The van der Waals surface area contributed by atoms with E-state index < -0.39 is 0 Å².